The van der Waals surface area contributed by atoms with Gasteiger partial charge in [0, 0.05) is 13.2 Å². The van der Waals surface area contributed by atoms with Crippen molar-refractivity contribution >= 4 is 28.6 Å². The van der Waals surface area contributed by atoms with Crippen molar-refractivity contribution < 1.29 is 9.53 Å². The Hall–Kier alpha value is -2.64. The molecule has 4 rings (SSSR count). The molecule has 0 spiro atoms. The first kappa shape index (κ1) is 20.6. The highest BCUT2D eigenvalue weighted by molar-refractivity contribution is 7.99. The number of aromatic nitrogens is 2. The molecule has 0 unspecified atom stereocenters. The fourth-order valence-corrected chi connectivity index (χ4v) is 4.36. The smallest absolute Gasteiger partial charge is 0.266 e. The molecular weight excluding hydrogens is 398 g/mol. The number of benzene rings is 2. The summed E-state index contributed by atoms with van der Waals surface area (Å²) in [4.78, 5) is 30.3. The zero-order valence-electron chi connectivity index (χ0n) is 17.2. The van der Waals surface area contributed by atoms with Gasteiger partial charge in [0.15, 0.2) is 5.16 Å². The second kappa shape index (κ2) is 9.02. The Morgan fingerprint density at radius 2 is 2.07 bits per heavy atom. The maximum atomic E-state index is 13.3. The van der Waals surface area contributed by atoms with Gasteiger partial charge < -0.3 is 10.1 Å². The van der Waals surface area contributed by atoms with Crippen LogP contribution in [0.4, 0.5) is 0 Å². The fourth-order valence-electron chi connectivity index (χ4n) is 3.52. The van der Waals surface area contributed by atoms with E-state index in [1.165, 1.54) is 11.8 Å². The highest BCUT2D eigenvalue weighted by Crippen LogP contribution is 2.22. The molecule has 0 bridgehead atoms. The standard InChI is InChI=1S/C23H25N3O3S/c1-15-9-10-17(12-16(15)2)26-22(28)19-7-3-4-8-20(19)25-23(26)30-14-21(27)24-13-18-6-5-11-29-18/h3-4,7-10,12,18H,5-6,11,13-14H2,1-2H3,(H,24,27)/t18-/m0/s1. The Morgan fingerprint density at radius 3 is 2.83 bits per heavy atom. The number of rotatable bonds is 6. The van der Waals surface area contributed by atoms with Crippen molar-refractivity contribution in [2.45, 2.75) is 37.9 Å². The van der Waals surface area contributed by atoms with Gasteiger partial charge in [0.05, 0.1) is 28.4 Å². The zero-order chi connectivity index (χ0) is 21.1. The maximum absolute atomic E-state index is 13.3. The number of fused-ring (bicyclic) bond motifs is 1. The van der Waals surface area contributed by atoms with Crippen molar-refractivity contribution in [3.63, 3.8) is 0 Å². The molecule has 1 aromatic heterocycles. The second-order valence-corrected chi connectivity index (χ2v) is 8.49. The molecule has 0 aliphatic carbocycles. The number of ether oxygens (including phenoxy) is 1. The number of carbonyl (C=O) groups is 1. The van der Waals surface area contributed by atoms with Crippen LogP contribution in [-0.4, -0.2) is 40.5 Å². The summed E-state index contributed by atoms with van der Waals surface area (Å²) in [6.07, 6.45) is 2.12. The van der Waals surface area contributed by atoms with E-state index in [4.69, 9.17) is 9.72 Å². The number of nitrogens with zero attached hydrogens (tertiary/aromatic N) is 2. The Kier molecular flexibility index (Phi) is 6.20. The van der Waals surface area contributed by atoms with Gasteiger partial charge in [0.25, 0.3) is 5.56 Å². The summed E-state index contributed by atoms with van der Waals surface area (Å²) < 4.78 is 7.15. The molecule has 0 saturated carbocycles. The average molecular weight is 424 g/mol. The van der Waals surface area contributed by atoms with Crippen LogP contribution in [0.1, 0.15) is 24.0 Å². The van der Waals surface area contributed by atoms with E-state index in [1.54, 1.807) is 10.6 Å². The highest BCUT2D eigenvalue weighted by Gasteiger charge is 2.18. The van der Waals surface area contributed by atoms with Crippen LogP contribution in [0.3, 0.4) is 0 Å². The summed E-state index contributed by atoms with van der Waals surface area (Å²) in [5.74, 6) is 0.0899. The molecule has 2 heterocycles. The zero-order valence-corrected chi connectivity index (χ0v) is 18.0. The van der Waals surface area contributed by atoms with E-state index in [0.29, 0.717) is 22.6 Å². The number of carbonyl (C=O) groups excluding carboxylic acids is 1. The largest absolute Gasteiger partial charge is 0.376 e. The van der Waals surface area contributed by atoms with Crippen LogP contribution in [0, 0.1) is 13.8 Å². The molecule has 156 valence electrons. The van der Waals surface area contributed by atoms with Crippen LogP contribution in [-0.2, 0) is 9.53 Å². The number of para-hydroxylation sites is 1. The SMILES string of the molecule is Cc1ccc(-n2c(SCC(=O)NC[C@@H]3CCCO3)nc3ccccc3c2=O)cc1C. The Labute approximate surface area is 179 Å². The molecule has 1 saturated heterocycles. The fraction of sp³-hybridized carbons (Fsp3) is 0.348. The molecule has 0 radical (unpaired) electrons. The molecule has 7 heteroatoms. The van der Waals surface area contributed by atoms with Gasteiger partial charge in [-0.15, -0.1) is 0 Å². The molecule has 3 aromatic rings. The maximum Gasteiger partial charge on any atom is 0.266 e. The Balaban J connectivity index is 1.63. The van der Waals surface area contributed by atoms with E-state index >= 15 is 0 Å². The summed E-state index contributed by atoms with van der Waals surface area (Å²) in [7, 11) is 0. The van der Waals surface area contributed by atoms with E-state index in [-0.39, 0.29) is 23.3 Å². The molecule has 6 nitrogen and oxygen atoms in total. The monoisotopic (exact) mass is 423 g/mol. The van der Waals surface area contributed by atoms with Crippen LogP contribution >= 0.6 is 11.8 Å². The third-order valence-electron chi connectivity index (χ3n) is 5.38. The third kappa shape index (κ3) is 4.42. The summed E-state index contributed by atoms with van der Waals surface area (Å²) in [6.45, 7) is 5.34. The number of nitrogens with one attached hydrogen (secondary N) is 1. The van der Waals surface area contributed by atoms with Gasteiger partial charge in [0.1, 0.15) is 0 Å². The van der Waals surface area contributed by atoms with Crippen molar-refractivity contribution in [2.24, 2.45) is 0 Å². The molecule has 1 aliphatic rings. The molecular formula is C23H25N3O3S. The molecule has 1 aliphatic heterocycles. The summed E-state index contributed by atoms with van der Waals surface area (Å²) >= 11 is 1.27. The number of hydrogen-bond donors (Lipinski definition) is 1. The Bertz CT molecular complexity index is 1140. The van der Waals surface area contributed by atoms with E-state index in [0.717, 1.165) is 36.3 Å². The molecule has 1 amide bonds. The first-order valence-electron chi connectivity index (χ1n) is 10.1. The molecule has 1 N–H and O–H groups in total. The molecule has 2 aromatic carbocycles. The number of hydrogen-bond acceptors (Lipinski definition) is 5. The summed E-state index contributed by atoms with van der Waals surface area (Å²) in [5, 5.41) is 3.99. The lowest BCUT2D eigenvalue weighted by molar-refractivity contribution is -0.119. The van der Waals surface area contributed by atoms with Crippen molar-refractivity contribution in [1.29, 1.82) is 0 Å². The van der Waals surface area contributed by atoms with Gasteiger partial charge in [-0.05, 0) is 62.1 Å². The number of amides is 1. The quantitative estimate of drug-likeness (QED) is 0.486. The third-order valence-corrected chi connectivity index (χ3v) is 6.32. The van der Waals surface area contributed by atoms with E-state index in [9.17, 15) is 9.59 Å². The molecule has 1 fully saturated rings. The Morgan fingerprint density at radius 1 is 1.23 bits per heavy atom. The van der Waals surface area contributed by atoms with Crippen molar-refractivity contribution in [3.8, 4) is 5.69 Å². The number of aryl methyl sites for hydroxylation is 2. The van der Waals surface area contributed by atoms with Crippen molar-refractivity contribution in [1.82, 2.24) is 14.9 Å². The van der Waals surface area contributed by atoms with Gasteiger partial charge in [-0.3, -0.25) is 14.2 Å². The normalized spacial score (nSPS) is 16.1. The average Bonchev–Trinajstić information content (AvgIpc) is 3.27. The van der Waals surface area contributed by atoms with Crippen LogP contribution in [0.15, 0.2) is 52.4 Å². The van der Waals surface area contributed by atoms with Gasteiger partial charge in [-0.1, -0.05) is 30.0 Å². The summed E-state index contributed by atoms with van der Waals surface area (Å²) in [5.41, 5.74) is 3.50. The lowest BCUT2D eigenvalue weighted by Gasteiger charge is -2.15. The van der Waals surface area contributed by atoms with Crippen LogP contribution < -0.4 is 10.9 Å². The van der Waals surface area contributed by atoms with E-state index < -0.39 is 0 Å². The predicted octanol–water partition coefficient (Wildman–Crippen LogP) is 3.39. The van der Waals surface area contributed by atoms with Crippen LogP contribution in [0.2, 0.25) is 0 Å². The van der Waals surface area contributed by atoms with E-state index in [1.807, 2.05) is 50.2 Å². The first-order chi connectivity index (χ1) is 14.5. The highest BCUT2D eigenvalue weighted by atomic mass is 32.2. The topological polar surface area (TPSA) is 73.2 Å². The second-order valence-electron chi connectivity index (χ2n) is 7.55. The minimum absolute atomic E-state index is 0.0930. The van der Waals surface area contributed by atoms with Crippen molar-refractivity contribution in [3.05, 3.63) is 63.9 Å². The van der Waals surface area contributed by atoms with Crippen molar-refractivity contribution in [2.75, 3.05) is 18.9 Å². The first-order valence-corrected chi connectivity index (χ1v) is 11.1. The van der Waals surface area contributed by atoms with Crippen LogP contribution in [0.5, 0.6) is 0 Å². The predicted molar refractivity (Wildman–Crippen MR) is 120 cm³/mol. The number of thioether (sulfide) groups is 1. The van der Waals surface area contributed by atoms with Gasteiger partial charge in [-0.2, -0.15) is 0 Å². The lowest BCUT2D eigenvalue weighted by Crippen LogP contribution is -2.33. The van der Waals surface area contributed by atoms with Crippen LogP contribution in [0.25, 0.3) is 16.6 Å². The van der Waals surface area contributed by atoms with Gasteiger partial charge in [-0.25, -0.2) is 4.98 Å². The van der Waals surface area contributed by atoms with E-state index in [2.05, 4.69) is 5.32 Å². The summed E-state index contributed by atoms with van der Waals surface area (Å²) in [6, 6.07) is 13.2. The molecule has 30 heavy (non-hydrogen) atoms. The minimum Gasteiger partial charge on any atom is -0.376 e. The lowest BCUT2D eigenvalue weighted by atomic mass is 10.1. The molecule has 1 atom stereocenters. The van der Waals surface area contributed by atoms with Gasteiger partial charge in [0.2, 0.25) is 5.91 Å². The van der Waals surface area contributed by atoms with Gasteiger partial charge >= 0.3 is 0 Å². The minimum atomic E-state index is -0.133.